The second-order valence-corrected chi connectivity index (χ2v) is 9.12. The predicted molar refractivity (Wildman–Crippen MR) is 117 cm³/mol. The summed E-state index contributed by atoms with van der Waals surface area (Å²) in [5.74, 6) is 1.83. The van der Waals surface area contributed by atoms with E-state index >= 15 is 0 Å². The lowest BCUT2D eigenvalue weighted by molar-refractivity contribution is -0.128. The van der Waals surface area contributed by atoms with E-state index in [0.29, 0.717) is 12.3 Å². The van der Waals surface area contributed by atoms with Crippen molar-refractivity contribution < 1.29 is 14.3 Å². The average Bonchev–Trinajstić information content (AvgIpc) is 2.61. The van der Waals surface area contributed by atoms with Crippen LogP contribution in [0.4, 0.5) is 0 Å². The zero-order chi connectivity index (χ0) is 21.3. The van der Waals surface area contributed by atoms with Crippen molar-refractivity contribution in [3.63, 3.8) is 0 Å². The summed E-state index contributed by atoms with van der Waals surface area (Å²) in [6.07, 6.45) is 0.123. The van der Waals surface area contributed by atoms with Crippen molar-refractivity contribution in [3.8, 4) is 11.5 Å². The molecule has 4 heteroatoms. The highest BCUT2D eigenvalue weighted by Gasteiger charge is 2.35. The standard InChI is InChI=1S/C25H33NO3/c1-15(2)19-10-8-17(4)13-23(19)28-18(5)24(27)26-21-14-25(6,7)29-22-11-9-16(3)12-20(21)22/h8-13,15,18,21H,14H2,1-7H3,(H,26,27)/t18-,21-/m1/s1. The Bertz CT molecular complexity index is 901. The van der Waals surface area contributed by atoms with Gasteiger partial charge in [0.15, 0.2) is 6.10 Å². The first-order valence-electron chi connectivity index (χ1n) is 10.4. The largest absolute Gasteiger partial charge is 0.487 e. The average molecular weight is 396 g/mol. The van der Waals surface area contributed by atoms with Crippen molar-refractivity contribution >= 4 is 5.91 Å². The second kappa shape index (κ2) is 8.10. The molecule has 0 saturated carbocycles. The fourth-order valence-electron chi connectivity index (χ4n) is 3.86. The number of rotatable bonds is 5. The zero-order valence-corrected chi connectivity index (χ0v) is 18.6. The van der Waals surface area contributed by atoms with Crippen LogP contribution in [0.5, 0.6) is 11.5 Å². The topological polar surface area (TPSA) is 47.6 Å². The van der Waals surface area contributed by atoms with Gasteiger partial charge in [-0.1, -0.05) is 43.7 Å². The molecule has 3 rings (SSSR count). The van der Waals surface area contributed by atoms with Gasteiger partial charge in [-0.2, -0.15) is 0 Å². The summed E-state index contributed by atoms with van der Waals surface area (Å²) in [5, 5.41) is 3.20. The van der Waals surface area contributed by atoms with Crippen molar-refractivity contribution in [2.24, 2.45) is 0 Å². The molecule has 2 aromatic carbocycles. The number of nitrogens with one attached hydrogen (secondary N) is 1. The lowest BCUT2D eigenvalue weighted by atomic mass is 9.89. The minimum Gasteiger partial charge on any atom is -0.487 e. The molecule has 2 atom stereocenters. The molecule has 156 valence electrons. The first-order chi connectivity index (χ1) is 13.6. The van der Waals surface area contributed by atoms with Crippen LogP contribution in [-0.4, -0.2) is 17.6 Å². The molecule has 1 N–H and O–H groups in total. The Morgan fingerprint density at radius 2 is 1.76 bits per heavy atom. The van der Waals surface area contributed by atoms with Crippen LogP contribution in [0.3, 0.4) is 0 Å². The maximum absolute atomic E-state index is 13.0. The number of aryl methyl sites for hydroxylation is 2. The molecule has 0 aliphatic carbocycles. The van der Waals surface area contributed by atoms with Crippen LogP contribution in [0.25, 0.3) is 0 Å². The van der Waals surface area contributed by atoms with Gasteiger partial charge in [-0.25, -0.2) is 0 Å². The van der Waals surface area contributed by atoms with Crippen molar-refractivity contribution in [3.05, 3.63) is 58.7 Å². The van der Waals surface area contributed by atoms with E-state index in [4.69, 9.17) is 9.47 Å². The maximum atomic E-state index is 13.0. The zero-order valence-electron chi connectivity index (χ0n) is 18.6. The minimum atomic E-state index is -0.589. The molecule has 0 unspecified atom stereocenters. The van der Waals surface area contributed by atoms with Gasteiger partial charge in [0, 0.05) is 12.0 Å². The molecule has 1 aliphatic rings. The Hall–Kier alpha value is -2.49. The van der Waals surface area contributed by atoms with Gasteiger partial charge in [-0.05, 0) is 63.8 Å². The summed E-state index contributed by atoms with van der Waals surface area (Å²) in [6.45, 7) is 14.3. The Kier molecular flexibility index (Phi) is 5.92. The van der Waals surface area contributed by atoms with E-state index in [1.54, 1.807) is 0 Å². The molecule has 0 fully saturated rings. The Morgan fingerprint density at radius 1 is 1.10 bits per heavy atom. The highest BCUT2D eigenvalue weighted by atomic mass is 16.5. The SMILES string of the molecule is Cc1ccc(C(C)C)c(O[C@H](C)C(=O)N[C@@H]2CC(C)(C)Oc3ccc(C)cc32)c1. The van der Waals surface area contributed by atoms with Crippen LogP contribution in [0.15, 0.2) is 36.4 Å². The van der Waals surface area contributed by atoms with Gasteiger partial charge in [-0.15, -0.1) is 0 Å². The van der Waals surface area contributed by atoms with Crippen molar-refractivity contribution in [1.82, 2.24) is 5.32 Å². The van der Waals surface area contributed by atoms with E-state index < -0.39 is 6.10 Å². The molecular formula is C25H33NO3. The number of carbonyl (C=O) groups excluding carboxylic acids is 1. The third kappa shape index (κ3) is 4.92. The maximum Gasteiger partial charge on any atom is 0.261 e. The van der Waals surface area contributed by atoms with E-state index in [0.717, 1.165) is 33.8 Å². The summed E-state index contributed by atoms with van der Waals surface area (Å²) in [4.78, 5) is 13.0. The fourth-order valence-corrected chi connectivity index (χ4v) is 3.86. The molecule has 29 heavy (non-hydrogen) atoms. The lowest BCUT2D eigenvalue weighted by Crippen LogP contribution is -2.44. The van der Waals surface area contributed by atoms with Gasteiger partial charge in [0.2, 0.25) is 0 Å². The quantitative estimate of drug-likeness (QED) is 0.715. The first-order valence-corrected chi connectivity index (χ1v) is 10.4. The van der Waals surface area contributed by atoms with Crippen LogP contribution in [0, 0.1) is 13.8 Å². The second-order valence-electron chi connectivity index (χ2n) is 9.12. The number of amides is 1. The van der Waals surface area contributed by atoms with E-state index in [9.17, 15) is 4.79 Å². The highest BCUT2D eigenvalue weighted by molar-refractivity contribution is 5.81. The van der Waals surface area contributed by atoms with Gasteiger partial charge in [0.25, 0.3) is 5.91 Å². The van der Waals surface area contributed by atoms with Crippen molar-refractivity contribution in [2.45, 2.75) is 78.6 Å². The molecule has 1 heterocycles. The van der Waals surface area contributed by atoms with E-state index in [1.807, 2.05) is 32.0 Å². The first kappa shape index (κ1) is 21.2. The fraction of sp³-hybridized carbons (Fsp3) is 0.480. The van der Waals surface area contributed by atoms with Gasteiger partial charge in [0.1, 0.15) is 17.1 Å². The summed E-state index contributed by atoms with van der Waals surface area (Å²) in [7, 11) is 0. The highest BCUT2D eigenvalue weighted by Crippen LogP contribution is 2.40. The molecule has 0 saturated heterocycles. The van der Waals surface area contributed by atoms with E-state index in [1.165, 1.54) is 0 Å². The summed E-state index contributed by atoms with van der Waals surface area (Å²) >= 11 is 0. The van der Waals surface area contributed by atoms with Crippen molar-refractivity contribution in [1.29, 1.82) is 0 Å². The molecule has 1 aliphatic heterocycles. The van der Waals surface area contributed by atoms with Crippen LogP contribution in [-0.2, 0) is 4.79 Å². The van der Waals surface area contributed by atoms with Gasteiger partial charge < -0.3 is 14.8 Å². The molecule has 0 spiro atoms. The molecule has 0 aromatic heterocycles. The number of carbonyl (C=O) groups is 1. The molecule has 1 amide bonds. The summed E-state index contributed by atoms with van der Waals surface area (Å²) in [5.41, 5.74) is 4.07. The van der Waals surface area contributed by atoms with Gasteiger partial charge >= 0.3 is 0 Å². The van der Waals surface area contributed by atoms with Crippen LogP contribution < -0.4 is 14.8 Å². The van der Waals surface area contributed by atoms with Crippen LogP contribution >= 0.6 is 0 Å². The Morgan fingerprint density at radius 3 is 2.45 bits per heavy atom. The summed E-state index contributed by atoms with van der Waals surface area (Å²) < 4.78 is 12.2. The number of ether oxygens (including phenoxy) is 2. The van der Waals surface area contributed by atoms with Gasteiger partial charge in [0.05, 0.1) is 6.04 Å². The van der Waals surface area contributed by atoms with E-state index in [2.05, 4.69) is 58.1 Å². The Balaban J connectivity index is 1.79. The molecule has 0 radical (unpaired) electrons. The number of hydrogen-bond acceptors (Lipinski definition) is 3. The third-order valence-corrected chi connectivity index (χ3v) is 5.40. The molecule has 4 nitrogen and oxygen atoms in total. The number of benzene rings is 2. The van der Waals surface area contributed by atoms with E-state index in [-0.39, 0.29) is 17.6 Å². The van der Waals surface area contributed by atoms with Crippen LogP contribution in [0.2, 0.25) is 0 Å². The number of hydrogen-bond donors (Lipinski definition) is 1. The van der Waals surface area contributed by atoms with Crippen LogP contribution in [0.1, 0.15) is 75.3 Å². The molecular weight excluding hydrogens is 362 g/mol. The predicted octanol–water partition coefficient (Wildman–Crippen LogP) is 5.61. The number of fused-ring (bicyclic) bond motifs is 1. The smallest absolute Gasteiger partial charge is 0.261 e. The lowest BCUT2D eigenvalue weighted by Gasteiger charge is -2.38. The normalized spacial score (nSPS) is 18.6. The minimum absolute atomic E-state index is 0.103. The monoisotopic (exact) mass is 395 g/mol. The molecule has 2 aromatic rings. The Labute approximate surface area is 174 Å². The third-order valence-electron chi connectivity index (χ3n) is 5.40. The molecule has 0 bridgehead atoms. The van der Waals surface area contributed by atoms with Gasteiger partial charge in [-0.3, -0.25) is 4.79 Å². The summed E-state index contributed by atoms with van der Waals surface area (Å²) in [6, 6.07) is 12.2. The van der Waals surface area contributed by atoms with Crippen molar-refractivity contribution in [2.75, 3.05) is 0 Å².